The predicted molar refractivity (Wildman–Crippen MR) is 87.9 cm³/mol. The molecule has 2 nitrogen and oxygen atoms in total. The molecule has 0 N–H and O–H groups in total. The SMILES string of the molecule is CCC(F)(F)c1cccc(-c2cc(C)nn2-c2cccc(F)c2)c1. The second-order valence-electron chi connectivity index (χ2n) is 5.70. The van der Waals surface area contributed by atoms with E-state index in [1.807, 2.05) is 6.92 Å². The Labute approximate surface area is 138 Å². The molecule has 1 heterocycles. The molecule has 2 aromatic carbocycles. The van der Waals surface area contributed by atoms with E-state index in [1.54, 1.807) is 35.0 Å². The Morgan fingerprint density at radius 1 is 1.04 bits per heavy atom. The van der Waals surface area contributed by atoms with Gasteiger partial charge in [0.15, 0.2) is 0 Å². The number of halogens is 3. The molecule has 3 aromatic rings. The molecule has 0 aliphatic rings. The highest BCUT2D eigenvalue weighted by atomic mass is 19.3. The van der Waals surface area contributed by atoms with Gasteiger partial charge in [-0.2, -0.15) is 5.10 Å². The Hall–Kier alpha value is -2.56. The maximum atomic E-state index is 14.0. The van der Waals surface area contributed by atoms with Crippen LogP contribution >= 0.6 is 0 Å². The zero-order chi connectivity index (χ0) is 17.3. The number of aryl methyl sites for hydroxylation is 1. The molecule has 0 aliphatic heterocycles. The topological polar surface area (TPSA) is 17.8 Å². The van der Waals surface area contributed by atoms with Crippen LogP contribution in [-0.4, -0.2) is 9.78 Å². The van der Waals surface area contributed by atoms with Crippen molar-refractivity contribution in [1.82, 2.24) is 9.78 Å². The number of aromatic nitrogens is 2. The minimum absolute atomic E-state index is 0.0351. The molecule has 0 aliphatic carbocycles. The fourth-order valence-corrected chi connectivity index (χ4v) is 2.62. The highest BCUT2D eigenvalue weighted by Gasteiger charge is 2.29. The average Bonchev–Trinajstić information content (AvgIpc) is 2.97. The summed E-state index contributed by atoms with van der Waals surface area (Å²) in [5.41, 5.74) is 2.50. The molecule has 0 fully saturated rings. The van der Waals surface area contributed by atoms with E-state index in [0.29, 0.717) is 16.9 Å². The van der Waals surface area contributed by atoms with E-state index in [4.69, 9.17) is 0 Å². The zero-order valence-corrected chi connectivity index (χ0v) is 13.4. The maximum absolute atomic E-state index is 14.0. The van der Waals surface area contributed by atoms with Crippen molar-refractivity contribution in [2.45, 2.75) is 26.2 Å². The number of hydrogen-bond acceptors (Lipinski definition) is 1. The molecule has 0 spiro atoms. The van der Waals surface area contributed by atoms with Gasteiger partial charge in [-0.1, -0.05) is 31.2 Å². The van der Waals surface area contributed by atoms with Crippen LogP contribution in [0, 0.1) is 12.7 Å². The summed E-state index contributed by atoms with van der Waals surface area (Å²) in [6.07, 6.45) is -0.265. The van der Waals surface area contributed by atoms with Gasteiger partial charge in [0, 0.05) is 17.5 Å². The molecule has 0 unspecified atom stereocenters. The third-order valence-electron chi connectivity index (χ3n) is 3.91. The Morgan fingerprint density at radius 2 is 1.79 bits per heavy atom. The second kappa shape index (κ2) is 6.15. The molecule has 0 amide bonds. The van der Waals surface area contributed by atoms with E-state index in [2.05, 4.69) is 5.10 Å². The van der Waals surface area contributed by atoms with E-state index in [1.165, 1.54) is 31.2 Å². The molecule has 5 heteroatoms. The first kappa shape index (κ1) is 16.3. The van der Waals surface area contributed by atoms with Crippen LogP contribution in [0.15, 0.2) is 54.6 Å². The van der Waals surface area contributed by atoms with Gasteiger partial charge in [-0.15, -0.1) is 0 Å². The van der Waals surface area contributed by atoms with Gasteiger partial charge >= 0.3 is 0 Å². The van der Waals surface area contributed by atoms with Crippen molar-refractivity contribution < 1.29 is 13.2 Å². The summed E-state index contributed by atoms with van der Waals surface area (Å²) in [5.74, 6) is -3.26. The molecular weight excluding hydrogens is 313 g/mol. The van der Waals surface area contributed by atoms with Crippen LogP contribution in [0.1, 0.15) is 24.6 Å². The first-order chi connectivity index (χ1) is 11.4. The summed E-state index contributed by atoms with van der Waals surface area (Å²) in [4.78, 5) is 0. The van der Waals surface area contributed by atoms with Crippen molar-refractivity contribution in [1.29, 1.82) is 0 Å². The fraction of sp³-hybridized carbons (Fsp3) is 0.211. The summed E-state index contributed by atoms with van der Waals surface area (Å²) in [6, 6.07) is 14.1. The monoisotopic (exact) mass is 330 g/mol. The summed E-state index contributed by atoms with van der Waals surface area (Å²) in [6.45, 7) is 3.26. The smallest absolute Gasteiger partial charge is 0.233 e. The van der Waals surface area contributed by atoms with Gasteiger partial charge in [0.1, 0.15) is 5.82 Å². The van der Waals surface area contributed by atoms with Crippen LogP contribution in [0.3, 0.4) is 0 Å². The lowest BCUT2D eigenvalue weighted by Crippen LogP contribution is -2.11. The molecular formula is C19H17F3N2. The summed E-state index contributed by atoms with van der Waals surface area (Å²) >= 11 is 0. The van der Waals surface area contributed by atoms with Gasteiger partial charge in [0.05, 0.1) is 17.1 Å². The molecule has 0 bridgehead atoms. The van der Waals surface area contributed by atoms with Gasteiger partial charge in [0.25, 0.3) is 5.92 Å². The highest BCUT2D eigenvalue weighted by molar-refractivity contribution is 5.63. The Morgan fingerprint density at radius 3 is 2.50 bits per heavy atom. The van der Waals surface area contributed by atoms with E-state index >= 15 is 0 Å². The largest absolute Gasteiger partial charge is 0.273 e. The van der Waals surface area contributed by atoms with Gasteiger partial charge in [-0.3, -0.25) is 0 Å². The third kappa shape index (κ3) is 3.07. The Balaban J connectivity index is 2.13. The highest BCUT2D eigenvalue weighted by Crippen LogP contribution is 2.34. The number of rotatable bonds is 4. The Bertz CT molecular complexity index is 869. The lowest BCUT2D eigenvalue weighted by atomic mass is 10.0. The van der Waals surface area contributed by atoms with Crippen molar-refractivity contribution >= 4 is 0 Å². The van der Waals surface area contributed by atoms with Gasteiger partial charge in [0.2, 0.25) is 0 Å². The van der Waals surface area contributed by atoms with Crippen molar-refractivity contribution in [3.63, 3.8) is 0 Å². The molecule has 0 saturated heterocycles. The summed E-state index contributed by atoms with van der Waals surface area (Å²) in [7, 11) is 0. The van der Waals surface area contributed by atoms with Crippen LogP contribution < -0.4 is 0 Å². The van der Waals surface area contributed by atoms with Crippen molar-refractivity contribution in [3.05, 3.63) is 71.7 Å². The van der Waals surface area contributed by atoms with Crippen LogP contribution in [0.4, 0.5) is 13.2 Å². The van der Waals surface area contributed by atoms with Gasteiger partial charge in [-0.05, 0) is 37.3 Å². The second-order valence-corrected chi connectivity index (χ2v) is 5.70. The van der Waals surface area contributed by atoms with Gasteiger partial charge in [-0.25, -0.2) is 17.9 Å². The van der Waals surface area contributed by atoms with E-state index in [-0.39, 0.29) is 17.8 Å². The van der Waals surface area contributed by atoms with Crippen LogP contribution in [0.25, 0.3) is 16.9 Å². The van der Waals surface area contributed by atoms with Crippen LogP contribution in [0.5, 0.6) is 0 Å². The molecule has 24 heavy (non-hydrogen) atoms. The molecule has 3 rings (SSSR count). The Kier molecular flexibility index (Phi) is 4.18. The van der Waals surface area contributed by atoms with E-state index < -0.39 is 5.92 Å². The van der Waals surface area contributed by atoms with Crippen molar-refractivity contribution in [3.8, 4) is 16.9 Å². The third-order valence-corrected chi connectivity index (χ3v) is 3.91. The molecule has 0 atom stereocenters. The summed E-state index contributed by atoms with van der Waals surface area (Å²) in [5, 5.41) is 4.37. The maximum Gasteiger partial charge on any atom is 0.273 e. The first-order valence-corrected chi connectivity index (χ1v) is 7.72. The van der Waals surface area contributed by atoms with Gasteiger partial charge < -0.3 is 0 Å². The lowest BCUT2D eigenvalue weighted by Gasteiger charge is -2.15. The fourth-order valence-electron chi connectivity index (χ4n) is 2.62. The molecule has 124 valence electrons. The number of benzene rings is 2. The van der Waals surface area contributed by atoms with Crippen molar-refractivity contribution in [2.75, 3.05) is 0 Å². The minimum Gasteiger partial charge on any atom is -0.233 e. The molecule has 0 radical (unpaired) electrons. The van der Waals surface area contributed by atoms with Crippen LogP contribution in [-0.2, 0) is 5.92 Å². The molecule has 0 saturated carbocycles. The van der Waals surface area contributed by atoms with E-state index in [0.717, 1.165) is 5.69 Å². The first-order valence-electron chi connectivity index (χ1n) is 7.72. The normalized spacial score (nSPS) is 11.7. The van der Waals surface area contributed by atoms with E-state index in [9.17, 15) is 13.2 Å². The average molecular weight is 330 g/mol. The number of alkyl halides is 2. The number of nitrogens with zero attached hydrogens (tertiary/aromatic N) is 2. The summed E-state index contributed by atoms with van der Waals surface area (Å²) < 4.78 is 43.1. The standard InChI is InChI=1S/C19H17F3N2/c1-3-19(21,22)15-7-4-6-14(11-15)18-10-13(2)23-24(18)17-9-5-8-16(20)12-17/h4-12H,3H2,1-2H3. The lowest BCUT2D eigenvalue weighted by molar-refractivity contribution is -0.00824. The zero-order valence-electron chi connectivity index (χ0n) is 13.4. The van der Waals surface area contributed by atoms with Crippen LogP contribution in [0.2, 0.25) is 0 Å². The number of hydrogen-bond donors (Lipinski definition) is 0. The predicted octanol–water partition coefficient (Wildman–Crippen LogP) is 5.49. The molecule has 1 aromatic heterocycles. The minimum atomic E-state index is -2.88. The van der Waals surface area contributed by atoms with Crippen molar-refractivity contribution in [2.24, 2.45) is 0 Å². The quantitative estimate of drug-likeness (QED) is 0.618.